The van der Waals surface area contributed by atoms with Crippen LogP contribution in [-0.4, -0.2) is 71.0 Å². The van der Waals surface area contributed by atoms with Crippen molar-refractivity contribution in [3.63, 3.8) is 0 Å². The van der Waals surface area contributed by atoms with Gasteiger partial charge >= 0.3 is 5.97 Å². The summed E-state index contributed by atoms with van der Waals surface area (Å²) in [6, 6.07) is 13.2. The Morgan fingerprint density at radius 3 is 2.32 bits per heavy atom. The van der Waals surface area contributed by atoms with Crippen LogP contribution >= 0.6 is 0 Å². The van der Waals surface area contributed by atoms with Crippen LogP contribution in [0.4, 0.5) is 0 Å². The van der Waals surface area contributed by atoms with E-state index in [0.29, 0.717) is 13.0 Å². The number of carboxylic acid groups (broad SMARTS) is 1. The van der Waals surface area contributed by atoms with Gasteiger partial charge in [0.25, 0.3) is 0 Å². The van der Waals surface area contributed by atoms with E-state index in [9.17, 15) is 24.3 Å². The Bertz CT molecular complexity index is 1370. The van der Waals surface area contributed by atoms with Crippen molar-refractivity contribution < 1.29 is 24.3 Å². The maximum Gasteiger partial charge on any atom is 0.326 e. The van der Waals surface area contributed by atoms with E-state index in [2.05, 4.69) is 25.9 Å². The molecule has 0 aliphatic rings. The van der Waals surface area contributed by atoms with Crippen molar-refractivity contribution in [3.8, 4) is 0 Å². The van der Waals surface area contributed by atoms with E-state index in [4.69, 9.17) is 17.2 Å². The summed E-state index contributed by atoms with van der Waals surface area (Å²) in [5, 5.41) is 18.0. The molecule has 41 heavy (non-hydrogen) atoms. The van der Waals surface area contributed by atoms with E-state index in [-0.39, 0.29) is 25.2 Å². The van der Waals surface area contributed by atoms with Gasteiger partial charge in [0.2, 0.25) is 17.7 Å². The second-order valence-electron chi connectivity index (χ2n) is 9.55. The molecule has 2 aromatic carbocycles. The third-order valence-corrected chi connectivity index (χ3v) is 6.38. The number of guanidine groups is 1. The zero-order valence-corrected chi connectivity index (χ0v) is 22.5. The summed E-state index contributed by atoms with van der Waals surface area (Å²) < 4.78 is 0. The lowest BCUT2D eigenvalue weighted by Gasteiger charge is -2.21. The molecular weight excluding hydrogens is 528 g/mol. The molecule has 0 aliphatic carbocycles. The molecule has 0 fully saturated rings. The molecule has 13 nitrogen and oxygen atoms in total. The number of carbonyl (C=O) groups is 4. The Morgan fingerprint density at radius 1 is 0.902 bits per heavy atom. The number of hydrogen-bond acceptors (Lipinski definition) is 6. The van der Waals surface area contributed by atoms with Gasteiger partial charge in [-0.1, -0.05) is 48.5 Å². The number of amides is 3. The normalized spacial score (nSPS) is 13.0. The number of rotatable bonds is 15. The van der Waals surface area contributed by atoms with Crippen molar-refractivity contribution in [2.24, 2.45) is 22.2 Å². The highest BCUT2D eigenvalue weighted by Crippen LogP contribution is 2.19. The summed E-state index contributed by atoms with van der Waals surface area (Å²) in [5.74, 6) is -3.12. The molecule has 0 spiro atoms. The second kappa shape index (κ2) is 15.0. The minimum atomic E-state index is -1.20. The van der Waals surface area contributed by atoms with Gasteiger partial charge in [-0.15, -0.1) is 0 Å². The SMILES string of the molecule is NC(N)=NCCCC(N)C(=O)NC(Cc1c[nH]c2ccccc12)C(=O)NCC(=O)NC(Cc1ccccc1)C(=O)O. The Kier molecular flexibility index (Phi) is 11.2. The number of aliphatic carboxylic acids is 1. The van der Waals surface area contributed by atoms with Crippen molar-refractivity contribution in [1.82, 2.24) is 20.9 Å². The standard InChI is InChI=1S/C28H36N8O5/c29-20(10-6-12-32-28(30)31)25(38)36-22(14-18-15-33-21-11-5-4-9-19(18)21)26(39)34-16-24(37)35-23(27(40)41)13-17-7-2-1-3-8-17/h1-5,7-9,11,15,20,22-23,33H,6,10,12-14,16,29H2,(H,34,39)(H,35,37)(H,36,38)(H,40,41)(H4,30,31,32). The summed E-state index contributed by atoms with van der Waals surface area (Å²) >= 11 is 0. The molecule has 0 aliphatic heterocycles. The predicted molar refractivity (Wildman–Crippen MR) is 155 cm³/mol. The zero-order chi connectivity index (χ0) is 29.8. The molecule has 218 valence electrons. The number of nitrogens with two attached hydrogens (primary N) is 3. The Morgan fingerprint density at radius 2 is 1.61 bits per heavy atom. The molecule has 3 aromatic rings. The number of aliphatic imine (C=N–C) groups is 1. The number of para-hydroxylation sites is 1. The van der Waals surface area contributed by atoms with E-state index in [1.54, 1.807) is 36.5 Å². The minimum absolute atomic E-state index is 0.0581. The predicted octanol–water partition coefficient (Wildman–Crippen LogP) is -0.496. The van der Waals surface area contributed by atoms with Crippen LogP contribution in [0.15, 0.2) is 65.8 Å². The number of aromatic nitrogens is 1. The second-order valence-corrected chi connectivity index (χ2v) is 9.55. The lowest BCUT2D eigenvalue weighted by atomic mass is 10.0. The van der Waals surface area contributed by atoms with Crippen LogP contribution in [0.25, 0.3) is 10.9 Å². The average Bonchev–Trinajstić information content (AvgIpc) is 3.36. The van der Waals surface area contributed by atoms with Crippen LogP contribution in [0.5, 0.6) is 0 Å². The maximum absolute atomic E-state index is 13.2. The fraction of sp³-hybridized carbons (Fsp3) is 0.321. The van der Waals surface area contributed by atoms with Gasteiger partial charge in [0.15, 0.2) is 5.96 Å². The van der Waals surface area contributed by atoms with Crippen molar-refractivity contribution in [3.05, 3.63) is 71.9 Å². The summed E-state index contributed by atoms with van der Waals surface area (Å²) in [6.45, 7) is -0.179. The average molecular weight is 565 g/mol. The third-order valence-electron chi connectivity index (χ3n) is 6.38. The Hall–Kier alpha value is -4.91. The molecule has 3 rings (SSSR count). The number of fused-ring (bicyclic) bond motifs is 1. The van der Waals surface area contributed by atoms with Crippen LogP contribution in [0, 0.1) is 0 Å². The van der Waals surface area contributed by atoms with E-state index in [0.717, 1.165) is 22.0 Å². The molecule has 1 heterocycles. The molecule has 0 radical (unpaired) electrons. The van der Waals surface area contributed by atoms with Gasteiger partial charge in [0.05, 0.1) is 12.6 Å². The van der Waals surface area contributed by atoms with Crippen LogP contribution in [0.2, 0.25) is 0 Å². The molecule has 3 amide bonds. The molecule has 1 aromatic heterocycles. The number of carboxylic acids is 1. The fourth-order valence-electron chi connectivity index (χ4n) is 4.24. The van der Waals surface area contributed by atoms with E-state index in [1.165, 1.54) is 0 Å². The number of aromatic amines is 1. The lowest BCUT2D eigenvalue weighted by Crippen LogP contribution is -2.54. The van der Waals surface area contributed by atoms with Crippen LogP contribution in [0.1, 0.15) is 24.0 Å². The molecule has 11 N–H and O–H groups in total. The summed E-state index contributed by atoms with van der Waals surface area (Å²) in [6.07, 6.45) is 2.69. The summed E-state index contributed by atoms with van der Waals surface area (Å²) in [5.41, 5.74) is 19.0. The van der Waals surface area contributed by atoms with Crippen LogP contribution in [0.3, 0.4) is 0 Å². The molecular formula is C28H36N8O5. The number of hydrogen-bond donors (Lipinski definition) is 8. The number of benzene rings is 2. The van der Waals surface area contributed by atoms with Gasteiger partial charge < -0.3 is 43.2 Å². The molecule has 13 heteroatoms. The van der Waals surface area contributed by atoms with E-state index in [1.807, 2.05) is 24.3 Å². The number of nitrogens with zero attached hydrogens (tertiary/aromatic N) is 1. The number of nitrogens with one attached hydrogen (secondary N) is 4. The minimum Gasteiger partial charge on any atom is -0.480 e. The van der Waals surface area contributed by atoms with Crippen LogP contribution in [-0.2, 0) is 32.0 Å². The van der Waals surface area contributed by atoms with Gasteiger partial charge in [0.1, 0.15) is 12.1 Å². The monoisotopic (exact) mass is 564 g/mol. The molecule has 3 unspecified atom stereocenters. The summed E-state index contributed by atoms with van der Waals surface area (Å²) in [4.78, 5) is 57.3. The largest absolute Gasteiger partial charge is 0.480 e. The smallest absolute Gasteiger partial charge is 0.326 e. The van der Waals surface area contributed by atoms with Gasteiger partial charge in [0, 0.05) is 36.5 Å². The highest BCUT2D eigenvalue weighted by atomic mass is 16.4. The molecule has 0 saturated carbocycles. The van der Waals surface area contributed by atoms with Crippen molar-refractivity contribution >= 4 is 40.6 Å². The first kappa shape index (κ1) is 30.6. The first-order valence-corrected chi connectivity index (χ1v) is 13.1. The quantitative estimate of drug-likeness (QED) is 0.0680. The number of carbonyl (C=O) groups excluding carboxylic acids is 3. The van der Waals surface area contributed by atoms with Crippen molar-refractivity contribution in [2.45, 2.75) is 43.8 Å². The number of H-pyrrole nitrogens is 1. The van der Waals surface area contributed by atoms with Gasteiger partial charge in [-0.25, -0.2) is 4.79 Å². The highest BCUT2D eigenvalue weighted by molar-refractivity contribution is 5.93. The maximum atomic E-state index is 13.2. The topological polar surface area (TPSA) is 231 Å². The van der Waals surface area contributed by atoms with Crippen LogP contribution < -0.4 is 33.2 Å². The molecule has 0 saturated heterocycles. The van der Waals surface area contributed by atoms with E-state index >= 15 is 0 Å². The fourth-order valence-corrected chi connectivity index (χ4v) is 4.24. The van der Waals surface area contributed by atoms with Crippen molar-refractivity contribution in [1.29, 1.82) is 0 Å². The lowest BCUT2D eigenvalue weighted by molar-refractivity contribution is -0.141. The van der Waals surface area contributed by atoms with Crippen molar-refractivity contribution in [2.75, 3.05) is 13.1 Å². The molecule has 3 atom stereocenters. The Balaban J connectivity index is 1.65. The van der Waals surface area contributed by atoms with Gasteiger partial charge in [-0.05, 0) is 30.0 Å². The summed E-state index contributed by atoms with van der Waals surface area (Å²) in [7, 11) is 0. The first-order valence-electron chi connectivity index (χ1n) is 13.1. The Labute approximate surface area is 236 Å². The van der Waals surface area contributed by atoms with E-state index < -0.39 is 48.4 Å². The zero-order valence-electron chi connectivity index (χ0n) is 22.5. The third kappa shape index (κ3) is 9.65. The van der Waals surface area contributed by atoms with Gasteiger partial charge in [-0.2, -0.15) is 0 Å². The first-order chi connectivity index (χ1) is 19.6. The highest BCUT2D eigenvalue weighted by Gasteiger charge is 2.26. The molecule has 0 bridgehead atoms. The van der Waals surface area contributed by atoms with Gasteiger partial charge in [-0.3, -0.25) is 19.4 Å².